The van der Waals surface area contributed by atoms with Crippen LogP contribution < -0.4 is 14.8 Å². The maximum Gasteiger partial charge on any atom is 0.231 e. The lowest BCUT2D eigenvalue weighted by molar-refractivity contribution is 0.174. The molecule has 2 aromatic rings. The maximum absolute atomic E-state index is 5.44. The number of hydrogen-bond donors (Lipinski definition) is 1. The van der Waals surface area contributed by atoms with E-state index in [1.165, 1.54) is 30.4 Å². The Hall–Kier alpha value is -2.16. The molecule has 4 rings (SSSR count). The van der Waals surface area contributed by atoms with Gasteiger partial charge in [-0.2, -0.15) is 0 Å². The second-order valence-electron chi connectivity index (χ2n) is 5.36. The first-order valence-electron chi connectivity index (χ1n) is 7.14. The summed E-state index contributed by atoms with van der Waals surface area (Å²) in [7, 11) is 0. The largest absolute Gasteiger partial charge is 0.454 e. The standard InChI is InChI=1S/C17H17NO2/c1-2-6-14-12(4-1)5-3-7-15(14)18-13-8-9-16-17(10-13)20-11-19-16/h1-2,4,6,8-10,15,18H,3,5,7,11H2. The Balaban J connectivity index is 1.61. The summed E-state index contributed by atoms with van der Waals surface area (Å²) in [5, 5.41) is 3.63. The Bertz CT molecular complexity index is 639. The normalized spacial score (nSPS) is 19.5. The lowest BCUT2D eigenvalue weighted by Gasteiger charge is -2.27. The summed E-state index contributed by atoms with van der Waals surface area (Å²) in [6.45, 7) is 0.324. The number of ether oxygens (including phenoxy) is 2. The Morgan fingerprint density at radius 1 is 1.00 bits per heavy atom. The zero-order chi connectivity index (χ0) is 13.4. The highest BCUT2D eigenvalue weighted by Gasteiger charge is 2.20. The summed E-state index contributed by atoms with van der Waals surface area (Å²) in [5.41, 5.74) is 3.99. The van der Waals surface area contributed by atoms with Crippen LogP contribution in [0.15, 0.2) is 42.5 Å². The summed E-state index contributed by atoms with van der Waals surface area (Å²) in [4.78, 5) is 0. The number of hydrogen-bond acceptors (Lipinski definition) is 3. The van der Waals surface area contributed by atoms with E-state index in [2.05, 4.69) is 35.6 Å². The highest BCUT2D eigenvalue weighted by molar-refractivity contribution is 5.57. The molecule has 1 heterocycles. The average molecular weight is 267 g/mol. The summed E-state index contributed by atoms with van der Waals surface area (Å²) in [6, 6.07) is 15.2. The number of aryl methyl sites for hydroxylation is 1. The first-order valence-corrected chi connectivity index (χ1v) is 7.14. The van der Waals surface area contributed by atoms with Gasteiger partial charge in [0.25, 0.3) is 0 Å². The minimum atomic E-state index is 0.324. The molecular formula is C17H17NO2. The summed E-state index contributed by atoms with van der Waals surface area (Å²) >= 11 is 0. The van der Waals surface area contributed by atoms with Crippen molar-refractivity contribution in [3.05, 3.63) is 53.6 Å². The molecular weight excluding hydrogens is 250 g/mol. The quantitative estimate of drug-likeness (QED) is 0.895. The molecule has 3 heteroatoms. The van der Waals surface area contributed by atoms with Gasteiger partial charge in [-0.3, -0.25) is 0 Å². The van der Waals surface area contributed by atoms with E-state index in [-0.39, 0.29) is 0 Å². The van der Waals surface area contributed by atoms with Crippen LogP contribution in [0.1, 0.15) is 30.0 Å². The molecule has 0 fully saturated rings. The molecule has 0 aromatic heterocycles. The van der Waals surface area contributed by atoms with Crippen LogP contribution in [0.3, 0.4) is 0 Å². The van der Waals surface area contributed by atoms with Crippen LogP contribution in [0.5, 0.6) is 11.5 Å². The molecule has 1 unspecified atom stereocenters. The zero-order valence-electron chi connectivity index (χ0n) is 11.3. The smallest absolute Gasteiger partial charge is 0.231 e. The maximum atomic E-state index is 5.44. The second-order valence-corrected chi connectivity index (χ2v) is 5.36. The van der Waals surface area contributed by atoms with Crippen molar-refractivity contribution in [3.8, 4) is 11.5 Å². The third-order valence-corrected chi connectivity index (χ3v) is 4.08. The van der Waals surface area contributed by atoms with Crippen LogP contribution in [0.2, 0.25) is 0 Å². The highest BCUT2D eigenvalue weighted by atomic mass is 16.7. The van der Waals surface area contributed by atoms with Gasteiger partial charge in [-0.05, 0) is 42.5 Å². The number of rotatable bonds is 2. The number of benzene rings is 2. The summed E-state index contributed by atoms with van der Waals surface area (Å²) in [6.07, 6.45) is 3.60. The van der Waals surface area contributed by atoms with E-state index in [0.717, 1.165) is 17.2 Å². The number of fused-ring (bicyclic) bond motifs is 2. The molecule has 102 valence electrons. The van der Waals surface area contributed by atoms with Crippen molar-refractivity contribution in [2.24, 2.45) is 0 Å². The van der Waals surface area contributed by atoms with E-state index in [1.807, 2.05) is 12.1 Å². The van der Waals surface area contributed by atoms with Crippen molar-refractivity contribution in [2.75, 3.05) is 12.1 Å². The molecule has 1 aliphatic heterocycles. The minimum absolute atomic E-state index is 0.324. The van der Waals surface area contributed by atoms with Gasteiger partial charge in [0.2, 0.25) is 6.79 Å². The van der Waals surface area contributed by atoms with Crippen molar-refractivity contribution >= 4 is 5.69 Å². The van der Waals surface area contributed by atoms with Gasteiger partial charge >= 0.3 is 0 Å². The molecule has 0 amide bonds. The molecule has 1 atom stereocenters. The van der Waals surface area contributed by atoms with Gasteiger partial charge in [-0.25, -0.2) is 0 Å². The van der Waals surface area contributed by atoms with Gasteiger partial charge in [0, 0.05) is 11.8 Å². The third kappa shape index (κ3) is 1.99. The molecule has 1 aliphatic carbocycles. The van der Waals surface area contributed by atoms with E-state index in [4.69, 9.17) is 9.47 Å². The van der Waals surface area contributed by atoms with Crippen LogP contribution in [0, 0.1) is 0 Å². The van der Waals surface area contributed by atoms with Crippen molar-refractivity contribution < 1.29 is 9.47 Å². The average Bonchev–Trinajstić information content (AvgIpc) is 2.95. The highest BCUT2D eigenvalue weighted by Crippen LogP contribution is 2.37. The van der Waals surface area contributed by atoms with E-state index < -0.39 is 0 Å². The van der Waals surface area contributed by atoms with Crippen molar-refractivity contribution in [1.82, 2.24) is 0 Å². The lowest BCUT2D eigenvalue weighted by atomic mass is 9.87. The van der Waals surface area contributed by atoms with E-state index in [1.54, 1.807) is 0 Å². The van der Waals surface area contributed by atoms with Gasteiger partial charge in [0.15, 0.2) is 11.5 Å². The van der Waals surface area contributed by atoms with Gasteiger partial charge in [-0.15, -0.1) is 0 Å². The van der Waals surface area contributed by atoms with Crippen molar-refractivity contribution in [1.29, 1.82) is 0 Å². The fourth-order valence-corrected chi connectivity index (χ4v) is 3.09. The number of anilines is 1. The first kappa shape index (κ1) is 11.6. The molecule has 0 bridgehead atoms. The molecule has 0 saturated heterocycles. The van der Waals surface area contributed by atoms with E-state index >= 15 is 0 Å². The fraction of sp³-hybridized carbons (Fsp3) is 0.294. The van der Waals surface area contributed by atoms with Crippen molar-refractivity contribution in [3.63, 3.8) is 0 Å². The third-order valence-electron chi connectivity index (χ3n) is 4.08. The van der Waals surface area contributed by atoms with Gasteiger partial charge in [0.1, 0.15) is 0 Å². The Labute approximate surface area is 118 Å². The van der Waals surface area contributed by atoms with Gasteiger partial charge in [-0.1, -0.05) is 24.3 Å². The Kier molecular flexibility index (Phi) is 2.76. The van der Waals surface area contributed by atoms with Crippen LogP contribution in [0.25, 0.3) is 0 Å². The summed E-state index contributed by atoms with van der Waals surface area (Å²) in [5.74, 6) is 1.67. The fourth-order valence-electron chi connectivity index (χ4n) is 3.09. The van der Waals surface area contributed by atoms with Gasteiger partial charge < -0.3 is 14.8 Å². The summed E-state index contributed by atoms with van der Waals surface area (Å²) < 4.78 is 10.8. The molecule has 2 aliphatic rings. The molecule has 1 N–H and O–H groups in total. The Morgan fingerprint density at radius 3 is 2.90 bits per heavy atom. The predicted octanol–water partition coefficient (Wildman–Crippen LogP) is 3.90. The first-order chi connectivity index (χ1) is 9.90. The topological polar surface area (TPSA) is 30.5 Å². The molecule has 0 saturated carbocycles. The van der Waals surface area contributed by atoms with Crippen LogP contribution >= 0.6 is 0 Å². The molecule has 0 radical (unpaired) electrons. The van der Waals surface area contributed by atoms with Crippen molar-refractivity contribution in [2.45, 2.75) is 25.3 Å². The minimum Gasteiger partial charge on any atom is -0.454 e. The molecule has 0 spiro atoms. The zero-order valence-corrected chi connectivity index (χ0v) is 11.3. The lowest BCUT2D eigenvalue weighted by Crippen LogP contribution is -2.17. The van der Waals surface area contributed by atoms with Crippen LogP contribution in [-0.2, 0) is 6.42 Å². The molecule has 3 nitrogen and oxygen atoms in total. The molecule has 2 aromatic carbocycles. The van der Waals surface area contributed by atoms with Crippen LogP contribution in [-0.4, -0.2) is 6.79 Å². The predicted molar refractivity (Wildman–Crippen MR) is 78.3 cm³/mol. The second kappa shape index (κ2) is 4.75. The number of nitrogens with one attached hydrogen (secondary N) is 1. The van der Waals surface area contributed by atoms with Crippen LogP contribution in [0.4, 0.5) is 5.69 Å². The monoisotopic (exact) mass is 267 g/mol. The SMILES string of the molecule is c1ccc2c(c1)CCCC2Nc1ccc2c(c1)OCO2. The van der Waals surface area contributed by atoms with E-state index in [9.17, 15) is 0 Å². The molecule has 20 heavy (non-hydrogen) atoms. The van der Waals surface area contributed by atoms with Gasteiger partial charge in [0.05, 0.1) is 6.04 Å². The Morgan fingerprint density at radius 2 is 1.90 bits per heavy atom. The van der Waals surface area contributed by atoms with E-state index in [0.29, 0.717) is 12.8 Å².